The van der Waals surface area contributed by atoms with Crippen LogP contribution < -0.4 is 0 Å². The van der Waals surface area contributed by atoms with Crippen molar-refractivity contribution in [1.82, 2.24) is 0 Å². The molecule has 0 spiro atoms. The quantitative estimate of drug-likeness (QED) is 0.334. The van der Waals surface area contributed by atoms with E-state index in [-0.39, 0.29) is 16.7 Å². The summed E-state index contributed by atoms with van der Waals surface area (Å²) in [5.41, 5.74) is 4.70. The maximum absolute atomic E-state index is 6.38. The standard InChI is InChI=1S/C21H44O2Si2/c1-16(2)25(17(3)4,18(5)6)14-13-21(10)19(23-21)15-22-24(11,12)20(7,8)9/h13-14,16-19H,15H2,1-12H3/b14-13+/t19-,21+/m1/s1. The van der Waals surface area contributed by atoms with Gasteiger partial charge in [0.05, 0.1) is 14.7 Å². The lowest BCUT2D eigenvalue weighted by Crippen LogP contribution is -2.43. The highest BCUT2D eigenvalue weighted by atomic mass is 28.4. The van der Waals surface area contributed by atoms with Crippen LogP contribution >= 0.6 is 0 Å². The van der Waals surface area contributed by atoms with Gasteiger partial charge in [0.1, 0.15) is 11.7 Å². The van der Waals surface area contributed by atoms with E-state index in [0.29, 0.717) is 0 Å². The van der Waals surface area contributed by atoms with Crippen LogP contribution in [0.1, 0.15) is 69.2 Å². The normalized spacial score (nSPS) is 25.6. The number of hydrogen-bond donors (Lipinski definition) is 0. The lowest BCUT2D eigenvalue weighted by Gasteiger charge is -2.41. The van der Waals surface area contributed by atoms with Gasteiger partial charge in [-0.05, 0) is 41.7 Å². The Balaban J connectivity index is 2.82. The Morgan fingerprint density at radius 1 is 1.00 bits per heavy atom. The summed E-state index contributed by atoms with van der Waals surface area (Å²) >= 11 is 0. The van der Waals surface area contributed by atoms with Crippen molar-refractivity contribution in [3.05, 3.63) is 11.8 Å². The van der Waals surface area contributed by atoms with Crippen LogP contribution in [0.15, 0.2) is 11.8 Å². The van der Waals surface area contributed by atoms with Crippen LogP contribution in [0.2, 0.25) is 34.8 Å². The highest BCUT2D eigenvalue weighted by Crippen LogP contribution is 2.46. The monoisotopic (exact) mass is 384 g/mol. The van der Waals surface area contributed by atoms with E-state index in [9.17, 15) is 0 Å². The van der Waals surface area contributed by atoms with Gasteiger partial charge in [0.25, 0.3) is 0 Å². The first-order chi connectivity index (χ1) is 11.1. The number of ether oxygens (including phenoxy) is 1. The second kappa shape index (κ2) is 7.61. The van der Waals surface area contributed by atoms with Gasteiger partial charge in [-0.25, -0.2) is 0 Å². The average Bonchev–Trinajstić information content (AvgIpc) is 3.05. The third kappa shape index (κ3) is 4.88. The summed E-state index contributed by atoms with van der Waals surface area (Å²) in [7, 11) is -3.21. The van der Waals surface area contributed by atoms with E-state index in [1.54, 1.807) is 0 Å². The van der Waals surface area contributed by atoms with E-state index in [1.807, 2.05) is 0 Å². The number of rotatable bonds is 8. The SMILES string of the molecule is CC(C)[Si](/C=C/[C@]1(C)O[C@@H]1CO[Si](C)(C)C(C)(C)C)(C(C)C)C(C)C. The molecule has 2 atom stereocenters. The molecular weight excluding hydrogens is 340 g/mol. The molecular formula is C21H44O2Si2. The number of epoxide rings is 1. The van der Waals surface area contributed by atoms with Crippen LogP contribution in [0.25, 0.3) is 0 Å². The van der Waals surface area contributed by atoms with Crippen molar-refractivity contribution in [2.24, 2.45) is 0 Å². The Morgan fingerprint density at radius 2 is 1.44 bits per heavy atom. The summed E-state index contributed by atoms with van der Waals surface area (Å²) in [6.07, 6.45) is 2.61. The van der Waals surface area contributed by atoms with Crippen molar-refractivity contribution in [1.29, 1.82) is 0 Å². The molecule has 25 heavy (non-hydrogen) atoms. The molecule has 0 unspecified atom stereocenters. The molecule has 1 fully saturated rings. The largest absolute Gasteiger partial charge is 0.414 e. The van der Waals surface area contributed by atoms with Gasteiger partial charge in [0.15, 0.2) is 8.32 Å². The molecule has 2 nitrogen and oxygen atoms in total. The molecule has 1 aliphatic heterocycles. The van der Waals surface area contributed by atoms with Gasteiger partial charge in [-0.1, -0.05) is 74.1 Å². The molecule has 0 aromatic rings. The summed E-state index contributed by atoms with van der Waals surface area (Å²) in [4.78, 5) is 0. The Hall–Kier alpha value is 0.0938. The lowest BCUT2D eigenvalue weighted by atomic mass is 10.1. The van der Waals surface area contributed by atoms with Crippen LogP contribution in [-0.4, -0.2) is 34.7 Å². The van der Waals surface area contributed by atoms with Crippen molar-refractivity contribution >= 4 is 16.4 Å². The zero-order chi connectivity index (χ0) is 19.8. The Labute approximate surface area is 159 Å². The molecule has 0 aromatic carbocycles. The van der Waals surface area contributed by atoms with E-state index in [2.05, 4.69) is 94.1 Å². The van der Waals surface area contributed by atoms with Crippen molar-refractivity contribution in [3.8, 4) is 0 Å². The third-order valence-electron chi connectivity index (χ3n) is 7.08. The van der Waals surface area contributed by atoms with Crippen LogP contribution in [0, 0.1) is 0 Å². The van der Waals surface area contributed by atoms with E-state index in [4.69, 9.17) is 9.16 Å². The first-order valence-corrected chi connectivity index (χ1v) is 15.3. The zero-order valence-corrected chi connectivity index (χ0v) is 21.0. The van der Waals surface area contributed by atoms with Gasteiger partial charge in [-0.15, -0.1) is 0 Å². The van der Waals surface area contributed by atoms with Crippen molar-refractivity contribution in [2.45, 2.75) is 116 Å². The smallest absolute Gasteiger partial charge is 0.192 e. The summed E-state index contributed by atoms with van der Waals surface area (Å²) in [6.45, 7) is 28.9. The summed E-state index contributed by atoms with van der Waals surface area (Å²) in [5.74, 6) is 0. The molecule has 1 heterocycles. The Kier molecular flexibility index (Phi) is 7.04. The van der Waals surface area contributed by atoms with Gasteiger partial charge < -0.3 is 9.16 Å². The maximum atomic E-state index is 6.38. The molecule has 0 amide bonds. The molecule has 1 aliphatic rings. The Bertz CT molecular complexity index is 453. The minimum Gasteiger partial charge on any atom is -0.414 e. The lowest BCUT2D eigenvalue weighted by molar-refractivity contribution is 0.240. The first-order valence-electron chi connectivity index (χ1n) is 10.1. The van der Waals surface area contributed by atoms with Crippen LogP contribution in [0.3, 0.4) is 0 Å². The van der Waals surface area contributed by atoms with Crippen molar-refractivity contribution < 1.29 is 9.16 Å². The molecule has 4 heteroatoms. The Morgan fingerprint density at radius 3 is 1.80 bits per heavy atom. The van der Waals surface area contributed by atoms with Gasteiger partial charge >= 0.3 is 0 Å². The van der Waals surface area contributed by atoms with Crippen LogP contribution in [-0.2, 0) is 9.16 Å². The second-order valence-corrected chi connectivity index (χ2v) is 21.3. The van der Waals surface area contributed by atoms with Crippen LogP contribution in [0.4, 0.5) is 0 Å². The van der Waals surface area contributed by atoms with E-state index < -0.39 is 16.4 Å². The van der Waals surface area contributed by atoms with Crippen LogP contribution in [0.5, 0.6) is 0 Å². The number of hydrogen-bond acceptors (Lipinski definition) is 2. The maximum Gasteiger partial charge on any atom is 0.192 e. The molecule has 0 saturated carbocycles. The molecule has 0 N–H and O–H groups in total. The van der Waals surface area contributed by atoms with Crippen molar-refractivity contribution in [2.75, 3.05) is 6.61 Å². The minimum absolute atomic E-state index is 0.126. The van der Waals surface area contributed by atoms with E-state index >= 15 is 0 Å². The molecule has 0 bridgehead atoms. The topological polar surface area (TPSA) is 21.8 Å². The van der Waals surface area contributed by atoms with Gasteiger partial charge in [0, 0.05) is 0 Å². The molecule has 1 rings (SSSR count). The fourth-order valence-corrected chi connectivity index (χ4v) is 10.8. The molecule has 0 radical (unpaired) electrons. The average molecular weight is 385 g/mol. The molecule has 148 valence electrons. The van der Waals surface area contributed by atoms with E-state index in [0.717, 1.165) is 23.2 Å². The van der Waals surface area contributed by atoms with E-state index in [1.165, 1.54) is 0 Å². The summed E-state index contributed by atoms with van der Waals surface area (Å²) in [6, 6.07) is 0. The fourth-order valence-electron chi connectivity index (χ4n) is 4.01. The third-order valence-corrected chi connectivity index (χ3v) is 18.3. The molecule has 1 saturated heterocycles. The van der Waals surface area contributed by atoms with Gasteiger partial charge in [-0.2, -0.15) is 0 Å². The summed E-state index contributed by atoms with van der Waals surface area (Å²) in [5, 5.41) is 0.253. The molecule has 0 aliphatic carbocycles. The minimum atomic E-state index is -1.70. The zero-order valence-electron chi connectivity index (χ0n) is 19.0. The highest BCUT2D eigenvalue weighted by molar-refractivity contribution is 6.88. The van der Waals surface area contributed by atoms with Gasteiger partial charge in [-0.3, -0.25) is 0 Å². The predicted molar refractivity (Wildman–Crippen MR) is 117 cm³/mol. The molecule has 0 aromatic heterocycles. The second-order valence-electron chi connectivity index (χ2n) is 10.7. The predicted octanol–water partition coefficient (Wildman–Crippen LogP) is 6.94. The first kappa shape index (κ1) is 23.1. The fraction of sp³-hybridized carbons (Fsp3) is 0.905. The highest BCUT2D eigenvalue weighted by Gasteiger charge is 2.52. The van der Waals surface area contributed by atoms with Crippen molar-refractivity contribution in [3.63, 3.8) is 0 Å². The summed E-state index contributed by atoms with van der Waals surface area (Å²) < 4.78 is 12.5. The van der Waals surface area contributed by atoms with Gasteiger partial charge in [0.2, 0.25) is 0 Å².